The standard InChI is InChI=1S/C62H121NO5/c1-3-5-7-9-11-13-15-17-18-19-20-21-24-27-31-34-38-42-46-50-54-60(65)59(58-64)63-61(66)55-51-47-43-39-35-32-28-25-22-23-26-29-33-37-41-45-49-53-57-68-62(67)56-52-48-44-40-36-30-16-14-12-10-8-6-4-2/h50,54,59-60,64-65H,3-49,51-53,55-58H2,1-2H3,(H,63,66)/b54-50+. The number of esters is 1. The van der Waals surface area contributed by atoms with Crippen molar-refractivity contribution in [2.24, 2.45) is 0 Å². The molecule has 0 aromatic heterocycles. The summed E-state index contributed by atoms with van der Waals surface area (Å²) in [6.07, 6.45) is 69.6. The number of aliphatic hydroxyl groups is 2. The molecular weight excluding hydrogens is 839 g/mol. The van der Waals surface area contributed by atoms with E-state index in [2.05, 4.69) is 19.2 Å². The van der Waals surface area contributed by atoms with Crippen molar-refractivity contribution < 1.29 is 24.5 Å². The van der Waals surface area contributed by atoms with Crippen molar-refractivity contribution in [1.29, 1.82) is 0 Å². The Kier molecular flexibility index (Phi) is 57.0. The Bertz CT molecular complexity index is 1020. The Balaban J connectivity index is 3.43. The lowest BCUT2D eigenvalue weighted by atomic mass is 10.0. The number of carbonyl (C=O) groups is 2. The van der Waals surface area contributed by atoms with Crippen LogP contribution in [0.3, 0.4) is 0 Å². The quantitative estimate of drug-likeness (QED) is 0.0321. The molecule has 1 amide bonds. The third-order valence-corrected chi connectivity index (χ3v) is 14.6. The molecule has 0 fully saturated rings. The van der Waals surface area contributed by atoms with Gasteiger partial charge in [0.05, 0.1) is 25.4 Å². The SMILES string of the molecule is CCCCCCCCCCCCCCCCCCCC/C=C/C(O)C(CO)NC(=O)CCCCCCCCCCCCCCCCCCCCOC(=O)CCCCCCCCCCCCCCC. The zero-order valence-corrected chi connectivity index (χ0v) is 46.1. The number of unbranched alkanes of at least 4 members (excludes halogenated alkanes) is 47. The number of hydrogen-bond acceptors (Lipinski definition) is 5. The Morgan fingerprint density at radius 2 is 0.676 bits per heavy atom. The molecule has 0 spiro atoms. The van der Waals surface area contributed by atoms with Gasteiger partial charge in [-0.2, -0.15) is 0 Å². The van der Waals surface area contributed by atoms with Crippen molar-refractivity contribution in [3.05, 3.63) is 12.2 Å². The van der Waals surface area contributed by atoms with E-state index in [1.54, 1.807) is 6.08 Å². The highest BCUT2D eigenvalue weighted by Gasteiger charge is 2.18. The first-order valence-electron chi connectivity index (χ1n) is 31.0. The average molecular weight is 961 g/mol. The minimum Gasteiger partial charge on any atom is -0.466 e. The number of rotatable bonds is 58. The van der Waals surface area contributed by atoms with E-state index in [0.29, 0.717) is 19.4 Å². The molecule has 0 aliphatic carbocycles. The molecule has 68 heavy (non-hydrogen) atoms. The van der Waals surface area contributed by atoms with Gasteiger partial charge in [-0.15, -0.1) is 0 Å². The summed E-state index contributed by atoms with van der Waals surface area (Å²) in [5.41, 5.74) is 0. The number of ether oxygens (including phenoxy) is 1. The molecule has 0 heterocycles. The second kappa shape index (κ2) is 58.2. The molecule has 2 atom stereocenters. The van der Waals surface area contributed by atoms with Crippen LogP contribution < -0.4 is 5.32 Å². The summed E-state index contributed by atoms with van der Waals surface area (Å²) >= 11 is 0. The van der Waals surface area contributed by atoms with Crippen molar-refractivity contribution in [3.63, 3.8) is 0 Å². The first-order chi connectivity index (χ1) is 33.5. The predicted molar refractivity (Wildman–Crippen MR) is 297 cm³/mol. The summed E-state index contributed by atoms with van der Waals surface area (Å²) in [6, 6.07) is -0.631. The lowest BCUT2D eigenvalue weighted by Gasteiger charge is -2.20. The number of amides is 1. The van der Waals surface area contributed by atoms with Crippen molar-refractivity contribution in [2.75, 3.05) is 13.2 Å². The summed E-state index contributed by atoms with van der Waals surface area (Å²) in [4.78, 5) is 24.5. The molecule has 6 heteroatoms. The molecule has 6 nitrogen and oxygen atoms in total. The first kappa shape index (κ1) is 66.6. The van der Waals surface area contributed by atoms with Crippen LogP contribution in [0.2, 0.25) is 0 Å². The van der Waals surface area contributed by atoms with Gasteiger partial charge in [0.15, 0.2) is 0 Å². The fraction of sp³-hybridized carbons (Fsp3) is 0.935. The maximum atomic E-state index is 12.5. The zero-order chi connectivity index (χ0) is 49.3. The van der Waals surface area contributed by atoms with Crippen molar-refractivity contribution >= 4 is 11.9 Å². The minimum atomic E-state index is -0.847. The lowest BCUT2D eigenvalue weighted by molar-refractivity contribution is -0.143. The van der Waals surface area contributed by atoms with Gasteiger partial charge in [0.25, 0.3) is 0 Å². The molecule has 0 aromatic carbocycles. The number of nitrogens with one attached hydrogen (secondary N) is 1. The van der Waals surface area contributed by atoms with E-state index in [0.717, 1.165) is 38.5 Å². The second-order valence-corrected chi connectivity index (χ2v) is 21.4. The fourth-order valence-electron chi connectivity index (χ4n) is 9.81. The maximum absolute atomic E-state index is 12.5. The van der Waals surface area contributed by atoms with E-state index < -0.39 is 12.1 Å². The van der Waals surface area contributed by atoms with E-state index in [1.165, 1.54) is 283 Å². The number of carbonyl (C=O) groups excluding carboxylic acids is 2. The van der Waals surface area contributed by atoms with Crippen molar-refractivity contribution in [1.82, 2.24) is 5.32 Å². The molecule has 0 rings (SSSR count). The topological polar surface area (TPSA) is 95.9 Å². The van der Waals surface area contributed by atoms with Crippen molar-refractivity contribution in [2.45, 2.75) is 360 Å². The highest BCUT2D eigenvalue weighted by Crippen LogP contribution is 2.18. The summed E-state index contributed by atoms with van der Waals surface area (Å²) in [5, 5.41) is 23.2. The normalized spacial score (nSPS) is 12.6. The van der Waals surface area contributed by atoms with Crippen LogP contribution in [0.4, 0.5) is 0 Å². The van der Waals surface area contributed by atoms with Crippen LogP contribution in [-0.4, -0.2) is 47.4 Å². The molecule has 0 saturated heterocycles. The van der Waals surface area contributed by atoms with Gasteiger partial charge in [-0.05, 0) is 32.1 Å². The summed E-state index contributed by atoms with van der Waals surface area (Å²) in [6.45, 7) is 4.93. The summed E-state index contributed by atoms with van der Waals surface area (Å²) < 4.78 is 5.48. The molecule has 3 N–H and O–H groups in total. The average Bonchev–Trinajstić information content (AvgIpc) is 3.34. The molecule has 0 aliphatic rings. The highest BCUT2D eigenvalue weighted by atomic mass is 16.5. The molecule has 0 aromatic rings. The van der Waals surface area contributed by atoms with E-state index in [-0.39, 0.29) is 18.5 Å². The monoisotopic (exact) mass is 960 g/mol. The van der Waals surface area contributed by atoms with Gasteiger partial charge in [0.2, 0.25) is 5.91 Å². The largest absolute Gasteiger partial charge is 0.466 e. The van der Waals surface area contributed by atoms with Gasteiger partial charge in [0, 0.05) is 12.8 Å². The molecule has 2 unspecified atom stereocenters. The first-order valence-corrected chi connectivity index (χ1v) is 31.0. The molecule has 0 bridgehead atoms. The van der Waals surface area contributed by atoms with Gasteiger partial charge in [-0.3, -0.25) is 9.59 Å². The lowest BCUT2D eigenvalue weighted by Crippen LogP contribution is -2.45. The fourth-order valence-corrected chi connectivity index (χ4v) is 9.81. The van der Waals surface area contributed by atoms with Gasteiger partial charge in [0.1, 0.15) is 0 Å². The van der Waals surface area contributed by atoms with Crippen LogP contribution in [0, 0.1) is 0 Å². The van der Waals surface area contributed by atoms with E-state index in [1.807, 2.05) is 6.08 Å². The van der Waals surface area contributed by atoms with Gasteiger partial charge in [-0.1, -0.05) is 315 Å². The number of allylic oxidation sites excluding steroid dienone is 1. The molecule has 0 saturated carbocycles. The van der Waals surface area contributed by atoms with Crippen LogP contribution in [0.15, 0.2) is 12.2 Å². The van der Waals surface area contributed by atoms with E-state index in [4.69, 9.17) is 4.74 Å². The Hall–Kier alpha value is -1.40. The molecule has 404 valence electrons. The number of aliphatic hydroxyl groups excluding tert-OH is 2. The minimum absolute atomic E-state index is 0.00884. The van der Waals surface area contributed by atoms with Crippen LogP contribution in [-0.2, 0) is 14.3 Å². The number of hydrogen-bond donors (Lipinski definition) is 3. The third kappa shape index (κ3) is 53.9. The summed E-state index contributed by atoms with van der Waals surface area (Å²) in [5.74, 6) is -0.0595. The van der Waals surface area contributed by atoms with Gasteiger partial charge < -0.3 is 20.3 Å². The second-order valence-electron chi connectivity index (χ2n) is 21.4. The van der Waals surface area contributed by atoms with Crippen molar-refractivity contribution in [3.8, 4) is 0 Å². The summed E-state index contributed by atoms with van der Waals surface area (Å²) in [7, 11) is 0. The molecular formula is C62H121NO5. The van der Waals surface area contributed by atoms with Gasteiger partial charge >= 0.3 is 5.97 Å². The van der Waals surface area contributed by atoms with Crippen LogP contribution in [0.1, 0.15) is 348 Å². The van der Waals surface area contributed by atoms with E-state index >= 15 is 0 Å². The molecule has 0 radical (unpaired) electrons. The Morgan fingerprint density at radius 1 is 0.397 bits per heavy atom. The van der Waals surface area contributed by atoms with Crippen LogP contribution >= 0.6 is 0 Å². The van der Waals surface area contributed by atoms with E-state index in [9.17, 15) is 19.8 Å². The van der Waals surface area contributed by atoms with Crippen LogP contribution in [0.25, 0.3) is 0 Å². The molecule has 0 aliphatic heterocycles. The third-order valence-electron chi connectivity index (χ3n) is 14.6. The maximum Gasteiger partial charge on any atom is 0.305 e. The predicted octanol–water partition coefficient (Wildman–Crippen LogP) is 19.2. The highest BCUT2D eigenvalue weighted by molar-refractivity contribution is 5.76. The smallest absolute Gasteiger partial charge is 0.305 e. The Morgan fingerprint density at radius 3 is 1.00 bits per heavy atom. The Labute approximate surface area is 425 Å². The van der Waals surface area contributed by atoms with Crippen LogP contribution in [0.5, 0.6) is 0 Å². The zero-order valence-electron chi connectivity index (χ0n) is 46.1. The van der Waals surface area contributed by atoms with Gasteiger partial charge in [-0.25, -0.2) is 0 Å².